The molecule has 1 fully saturated rings. The smallest absolute Gasteiger partial charge is 0.356 e. The fraction of sp³-hybridized carbons (Fsp3) is 0.458. The van der Waals surface area contributed by atoms with Gasteiger partial charge < -0.3 is 29.1 Å². The number of carbonyl (C=O) groups is 2. The molecule has 33 heavy (non-hydrogen) atoms. The lowest BCUT2D eigenvalue weighted by atomic mass is 10.1. The van der Waals surface area contributed by atoms with Gasteiger partial charge in [-0.2, -0.15) is 0 Å². The number of fused-ring (bicyclic) bond motifs is 1. The van der Waals surface area contributed by atoms with Crippen molar-refractivity contribution in [3.8, 4) is 0 Å². The molecule has 4 heterocycles. The molecule has 176 valence electrons. The fourth-order valence-electron chi connectivity index (χ4n) is 4.00. The summed E-state index contributed by atoms with van der Waals surface area (Å²) in [6, 6.07) is 5.41. The summed E-state index contributed by atoms with van der Waals surface area (Å²) < 4.78 is 17.6. The van der Waals surface area contributed by atoms with E-state index in [2.05, 4.69) is 29.5 Å². The molecule has 3 aromatic heterocycles. The number of hydrogen-bond donors (Lipinski definition) is 2. The Morgan fingerprint density at radius 2 is 2.09 bits per heavy atom. The number of hydrogen-bond acceptors (Lipinski definition) is 7. The van der Waals surface area contributed by atoms with Crippen molar-refractivity contribution < 1.29 is 23.5 Å². The second kappa shape index (κ2) is 10.1. The van der Waals surface area contributed by atoms with Crippen LogP contribution in [0.1, 0.15) is 54.2 Å². The van der Waals surface area contributed by atoms with Gasteiger partial charge in [0.1, 0.15) is 5.65 Å². The molecule has 4 rings (SSSR count). The number of nitrogens with one attached hydrogen (secondary N) is 2. The van der Waals surface area contributed by atoms with Crippen molar-refractivity contribution in [3.05, 3.63) is 42.1 Å². The molecule has 0 aromatic carbocycles. The second-order valence-corrected chi connectivity index (χ2v) is 8.61. The molecule has 1 saturated heterocycles. The third-order valence-corrected chi connectivity index (χ3v) is 5.78. The van der Waals surface area contributed by atoms with Crippen molar-refractivity contribution in [2.45, 2.75) is 45.7 Å². The fourth-order valence-corrected chi connectivity index (χ4v) is 4.00. The highest BCUT2D eigenvalue weighted by Gasteiger charge is 2.27. The van der Waals surface area contributed by atoms with Crippen LogP contribution in [0.15, 0.2) is 35.1 Å². The molecule has 0 saturated carbocycles. The Morgan fingerprint density at radius 1 is 1.30 bits per heavy atom. The predicted octanol–water partition coefficient (Wildman–Crippen LogP) is 4.31. The first-order valence-electron chi connectivity index (χ1n) is 11.3. The quantitative estimate of drug-likeness (QED) is 0.489. The molecular formula is C24H30N4O5. The highest BCUT2D eigenvalue weighted by atomic mass is 16.5. The summed E-state index contributed by atoms with van der Waals surface area (Å²) in [5.74, 6) is -0.414. The average molecular weight is 455 g/mol. The molecule has 0 radical (unpaired) electrons. The molecular weight excluding hydrogens is 424 g/mol. The van der Waals surface area contributed by atoms with Crippen LogP contribution in [0.5, 0.6) is 0 Å². The van der Waals surface area contributed by atoms with Crippen LogP contribution >= 0.6 is 0 Å². The Balaban J connectivity index is 1.79. The molecule has 0 unspecified atom stereocenters. The molecule has 1 aliphatic heterocycles. The van der Waals surface area contributed by atoms with Gasteiger partial charge in [0.05, 0.1) is 30.9 Å². The molecule has 3 aromatic rings. The summed E-state index contributed by atoms with van der Waals surface area (Å²) in [5.41, 5.74) is 2.07. The van der Waals surface area contributed by atoms with E-state index in [4.69, 9.17) is 13.9 Å². The standard InChI is InChI=1S/C24H30N4O5/c1-15(2)6-9-28-21(24(30)31-3)20(27-23(29)19-5-4-10-33-19)18-13-17(14-25-22(18)28)26-16-7-11-32-12-8-16/h4-5,10,13-16,26H,6-9,11-12H2,1-3H3,(H,27,29). The highest BCUT2D eigenvalue weighted by Crippen LogP contribution is 2.34. The van der Waals surface area contributed by atoms with E-state index in [1.807, 2.05) is 10.6 Å². The minimum Gasteiger partial charge on any atom is -0.464 e. The number of ether oxygens (including phenoxy) is 2. The van der Waals surface area contributed by atoms with Gasteiger partial charge >= 0.3 is 5.97 Å². The van der Waals surface area contributed by atoms with Crippen LogP contribution in [0.4, 0.5) is 11.4 Å². The number of pyridine rings is 1. The minimum atomic E-state index is -0.537. The van der Waals surface area contributed by atoms with Crippen molar-refractivity contribution in [2.24, 2.45) is 5.92 Å². The van der Waals surface area contributed by atoms with Gasteiger partial charge in [-0.25, -0.2) is 9.78 Å². The van der Waals surface area contributed by atoms with Crippen LogP contribution in [0, 0.1) is 5.92 Å². The van der Waals surface area contributed by atoms with E-state index in [-0.39, 0.29) is 17.5 Å². The first-order chi connectivity index (χ1) is 16.0. The normalized spacial score (nSPS) is 14.5. The first kappa shape index (κ1) is 22.8. The van der Waals surface area contributed by atoms with Gasteiger partial charge in [0.2, 0.25) is 0 Å². The van der Waals surface area contributed by atoms with Gasteiger partial charge in [0.15, 0.2) is 11.5 Å². The average Bonchev–Trinajstić information content (AvgIpc) is 3.45. The van der Waals surface area contributed by atoms with Crippen LogP contribution in [-0.2, 0) is 16.0 Å². The van der Waals surface area contributed by atoms with Gasteiger partial charge in [0, 0.05) is 31.2 Å². The SMILES string of the molecule is COC(=O)c1c(NC(=O)c2ccco2)c2cc(NC3CCOCC3)cnc2n1CCC(C)C. The third-order valence-electron chi connectivity index (χ3n) is 5.78. The Kier molecular flexibility index (Phi) is 6.98. The van der Waals surface area contributed by atoms with Crippen molar-refractivity contribution in [3.63, 3.8) is 0 Å². The number of anilines is 2. The zero-order valence-corrected chi connectivity index (χ0v) is 19.2. The Hall–Kier alpha value is -3.33. The first-order valence-corrected chi connectivity index (χ1v) is 11.3. The van der Waals surface area contributed by atoms with Gasteiger partial charge in [-0.1, -0.05) is 13.8 Å². The minimum absolute atomic E-state index is 0.151. The van der Waals surface area contributed by atoms with E-state index in [9.17, 15) is 9.59 Å². The monoisotopic (exact) mass is 454 g/mol. The predicted molar refractivity (Wildman–Crippen MR) is 125 cm³/mol. The van der Waals surface area contributed by atoms with Crippen LogP contribution in [0.25, 0.3) is 11.0 Å². The lowest BCUT2D eigenvalue weighted by Gasteiger charge is -2.24. The maximum absolute atomic E-state index is 12.9. The van der Waals surface area contributed by atoms with Crippen LogP contribution in [0.2, 0.25) is 0 Å². The summed E-state index contributed by atoms with van der Waals surface area (Å²) in [7, 11) is 1.33. The zero-order valence-electron chi connectivity index (χ0n) is 19.2. The van der Waals surface area contributed by atoms with Crippen molar-refractivity contribution >= 4 is 34.3 Å². The van der Waals surface area contributed by atoms with Crippen LogP contribution < -0.4 is 10.6 Å². The number of amides is 1. The number of aryl methyl sites for hydroxylation is 1. The maximum Gasteiger partial charge on any atom is 0.356 e. The third kappa shape index (κ3) is 5.03. The molecule has 1 aliphatic rings. The summed E-state index contributed by atoms with van der Waals surface area (Å²) in [6.07, 6.45) is 5.84. The van der Waals surface area contributed by atoms with E-state index in [1.165, 1.54) is 13.4 Å². The molecule has 2 N–H and O–H groups in total. The largest absolute Gasteiger partial charge is 0.464 e. The van der Waals surface area contributed by atoms with E-state index in [1.54, 1.807) is 18.3 Å². The molecule has 0 atom stereocenters. The van der Waals surface area contributed by atoms with Gasteiger partial charge in [-0.05, 0) is 43.4 Å². The summed E-state index contributed by atoms with van der Waals surface area (Å²) in [6.45, 7) is 6.24. The Morgan fingerprint density at radius 3 is 2.76 bits per heavy atom. The Labute approximate surface area is 192 Å². The topological polar surface area (TPSA) is 108 Å². The molecule has 0 spiro atoms. The molecule has 0 aliphatic carbocycles. The summed E-state index contributed by atoms with van der Waals surface area (Å²) in [4.78, 5) is 30.4. The van der Waals surface area contributed by atoms with Crippen molar-refractivity contribution in [1.29, 1.82) is 0 Å². The molecule has 9 nitrogen and oxygen atoms in total. The molecule has 1 amide bonds. The number of nitrogens with zero attached hydrogens (tertiary/aromatic N) is 2. The highest BCUT2D eigenvalue weighted by molar-refractivity contribution is 6.14. The van der Waals surface area contributed by atoms with Crippen LogP contribution in [0.3, 0.4) is 0 Å². The summed E-state index contributed by atoms with van der Waals surface area (Å²) >= 11 is 0. The van der Waals surface area contributed by atoms with E-state index in [0.717, 1.165) is 38.2 Å². The maximum atomic E-state index is 12.9. The van der Waals surface area contributed by atoms with Crippen LogP contribution in [-0.4, -0.2) is 47.8 Å². The van der Waals surface area contributed by atoms with E-state index in [0.29, 0.717) is 29.2 Å². The van der Waals surface area contributed by atoms with Gasteiger partial charge in [-0.3, -0.25) is 4.79 Å². The molecule has 9 heteroatoms. The number of esters is 1. The van der Waals surface area contributed by atoms with Gasteiger partial charge in [0.25, 0.3) is 5.91 Å². The van der Waals surface area contributed by atoms with E-state index < -0.39 is 11.9 Å². The van der Waals surface area contributed by atoms with Gasteiger partial charge in [-0.15, -0.1) is 0 Å². The lowest BCUT2D eigenvalue weighted by molar-refractivity contribution is 0.0589. The molecule has 0 bridgehead atoms. The number of carbonyl (C=O) groups excluding carboxylic acids is 2. The zero-order chi connectivity index (χ0) is 23.4. The number of rotatable bonds is 8. The lowest BCUT2D eigenvalue weighted by Crippen LogP contribution is -2.27. The van der Waals surface area contributed by atoms with Crippen molar-refractivity contribution in [1.82, 2.24) is 9.55 Å². The second-order valence-electron chi connectivity index (χ2n) is 8.61. The van der Waals surface area contributed by atoms with E-state index >= 15 is 0 Å². The Bertz CT molecular complexity index is 1110. The summed E-state index contributed by atoms with van der Waals surface area (Å²) in [5, 5.41) is 7.04. The number of furan rings is 1. The van der Waals surface area contributed by atoms with Crippen molar-refractivity contribution in [2.75, 3.05) is 31.0 Å². The number of aromatic nitrogens is 2. The number of methoxy groups -OCH3 is 1.